The summed E-state index contributed by atoms with van der Waals surface area (Å²) < 4.78 is 1.33. The largest absolute Gasteiger partial charge is 0.329 e. The zero-order valence-electron chi connectivity index (χ0n) is 12.1. The molecule has 112 valence electrons. The Hall–Kier alpha value is -1.59. The van der Waals surface area contributed by atoms with Gasteiger partial charge in [0.25, 0.3) is 5.56 Å². The summed E-state index contributed by atoms with van der Waals surface area (Å²) in [5.41, 5.74) is -0.159. The van der Waals surface area contributed by atoms with Gasteiger partial charge in [-0.25, -0.2) is 4.79 Å². The van der Waals surface area contributed by atoms with E-state index in [9.17, 15) is 9.59 Å². The standard InChI is InChI=1S/C15H18ClN3O2/c1-9(2)18-7-6-10(8-18)19-14(20)13-11(16)4-3-5-12(13)17-15(19)21/h3-5,9-10H,6-8H2,1-2H3,(H,17,21). The van der Waals surface area contributed by atoms with Crippen molar-refractivity contribution in [3.05, 3.63) is 44.1 Å². The fraction of sp³-hybridized carbons (Fsp3) is 0.467. The molecule has 6 heteroatoms. The molecule has 3 rings (SSSR count). The molecular weight excluding hydrogens is 290 g/mol. The number of rotatable bonds is 2. The van der Waals surface area contributed by atoms with Gasteiger partial charge in [0.1, 0.15) is 0 Å². The van der Waals surface area contributed by atoms with Crippen LogP contribution < -0.4 is 11.2 Å². The van der Waals surface area contributed by atoms with Crippen LogP contribution in [0.1, 0.15) is 26.3 Å². The van der Waals surface area contributed by atoms with E-state index in [1.807, 2.05) is 0 Å². The number of aromatic amines is 1. The van der Waals surface area contributed by atoms with Gasteiger partial charge in [-0.3, -0.25) is 14.3 Å². The lowest BCUT2D eigenvalue weighted by molar-refractivity contribution is 0.263. The Morgan fingerprint density at radius 1 is 1.33 bits per heavy atom. The molecular formula is C15H18ClN3O2. The van der Waals surface area contributed by atoms with Crippen LogP contribution in [0, 0.1) is 0 Å². The van der Waals surface area contributed by atoms with Gasteiger partial charge in [-0.1, -0.05) is 17.7 Å². The van der Waals surface area contributed by atoms with Crippen LogP contribution in [0.3, 0.4) is 0 Å². The summed E-state index contributed by atoms with van der Waals surface area (Å²) in [5, 5.41) is 0.767. The predicted octanol–water partition coefficient (Wildman–Crippen LogP) is 2.00. The number of fused-ring (bicyclic) bond motifs is 1. The van der Waals surface area contributed by atoms with Crippen molar-refractivity contribution in [3.8, 4) is 0 Å². The van der Waals surface area contributed by atoms with Crippen LogP contribution in [-0.2, 0) is 0 Å². The van der Waals surface area contributed by atoms with Crippen LogP contribution >= 0.6 is 11.6 Å². The second kappa shape index (κ2) is 5.31. The van der Waals surface area contributed by atoms with Gasteiger partial charge in [0, 0.05) is 19.1 Å². The van der Waals surface area contributed by atoms with Crippen LogP contribution in [0.15, 0.2) is 27.8 Å². The topological polar surface area (TPSA) is 58.1 Å². The summed E-state index contributed by atoms with van der Waals surface area (Å²) in [5.74, 6) is 0. The Bertz CT molecular complexity index is 794. The molecule has 0 radical (unpaired) electrons. The van der Waals surface area contributed by atoms with Gasteiger partial charge in [-0.15, -0.1) is 0 Å². The molecule has 1 aliphatic heterocycles. The molecule has 1 aromatic heterocycles. The van der Waals surface area contributed by atoms with Crippen molar-refractivity contribution in [2.45, 2.75) is 32.4 Å². The van der Waals surface area contributed by atoms with Crippen molar-refractivity contribution in [3.63, 3.8) is 0 Å². The highest BCUT2D eigenvalue weighted by Gasteiger charge is 2.28. The quantitative estimate of drug-likeness (QED) is 0.923. The lowest BCUT2D eigenvalue weighted by Crippen LogP contribution is -2.39. The maximum atomic E-state index is 12.7. The highest BCUT2D eigenvalue weighted by Crippen LogP contribution is 2.22. The number of nitrogens with zero attached hydrogens (tertiary/aromatic N) is 2. The van der Waals surface area contributed by atoms with Gasteiger partial charge in [0.15, 0.2) is 0 Å². The van der Waals surface area contributed by atoms with Crippen LogP contribution in [0.2, 0.25) is 5.02 Å². The van der Waals surface area contributed by atoms with E-state index in [0.29, 0.717) is 22.0 Å². The fourth-order valence-corrected chi connectivity index (χ4v) is 3.27. The van der Waals surface area contributed by atoms with Crippen LogP contribution in [-0.4, -0.2) is 33.6 Å². The molecule has 0 saturated carbocycles. The SMILES string of the molecule is CC(C)N1CCC(n2c(=O)[nH]c3cccc(Cl)c3c2=O)C1. The van der Waals surface area contributed by atoms with Gasteiger partial charge in [-0.2, -0.15) is 0 Å². The molecule has 1 aromatic carbocycles. The van der Waals surface area contributed by atoms with Gasteiger partial charge in [-0.05, 0) is 32.4 Å². The summed E-state index contributed by atoms with van der Waals surface area (Å²) in [6.07, 6.45) is 0.803. The Balaban J connectivity index is 2.14. The molecule has 1 atom stereocenters. The first kappa shape index (κ1) is 14.4. The van der Waals surface area contributed by atoms with E-state index in [4.69, 9.17) is 11.6 Å². The van der Waals surface area contributed by atoms with E-state index < -0.39 is 0 Å². The number of hydrogen-bond donors (Lipinski definition) is 1. The molecule has 1 N–H and O–H groups in total. The lowest BCUT2D eigenvalue weighted by Gasteiger charge is -2.20. The minimum atomic E-state index is -0.356. The molecule has 21 heavy (non-hydrogen) atoms. The number of hydrogen-bond acceptors (Lipinski definition) is 3. The molecule has 0 spiro atoms. The molecule has 1 fully saturated rings. The first-order valence-corrected chi connectivity index (χ1v) is 7.54. The van der Waals surface area contributed by atoms with Crippen molar-refractivity contribution in [1.29, 1.82) is 0 Å². The summed E-state index contributed by atoms with van der Waals surface area (Å²) in [4.78, 5) is 30.0. The van der Waals surface area contributed by atoms with Crippen molar-refractivity contribution >= 4 is 22.5 Å². The molecule has 1 unspecified atom stereocenters. The van der Waals surface area contributed by atoms with Crippen molar-refractivity contribution in [1.82, 2.24) is 14.5 Å². The number of halogens is 1. The molecule has 0 aliphatic carbocycles. The van der Waals surface area contributed by atoms with E-state index in [0.717, 1.165) is 19.5 Å². The smallest absolute Gasteiger partial charge is 0.307 e. The zero-order chi connectivity index (χ0) is 15.1. The average molecular weight is 308 g/mol. The van der Waals surface area contributed by atoms with Gasteiger partial charge < -0.3 is 4.98 Å². The third kappa shape index (κ3) is 2.40. The number of nitrogens with one attached hydrogen (secondary N) is 1. The third-order valence-electron chi connectivity index (χ3n) is 4.20. The Morgan fingerprint density at radius 3 is 2.76 bits per heavy atom. The number of benzene rings is 1. The highest BCUT2D eigenvalue weighted by molar-refractivity contribution is 6.35. The van der Waals surface area contributed by atoms with E-state index in [1.165, 1.54) is 4.57 Å². The van der Waals surface area contributed by atoms with Gasteiger partial charge in [0.2, 0.25) is 0 Å². The van der Waals surface area contributed by atoms with Gasteiger partial charge in [0.05, 0.1) is 22.0 Å². The van der Waals surface area contributed by atoms with Crippen LogP contribution in [0.25, 0.3) is 10.9 Å². The van der Waals surface area contributed by atoms with E-state index in [-0.39, 0.29) is 17.3 Å². The molecule has 0 amide bonds. The number of likely N-dealkylation sites (tertiary alicyclic amines) is 1. The molecule has 5 nitrogen and oxygen atoms in total. The maximum absolute atomic E-state index is 12.7. The van der Waals surface area contributed by atoms with E-state index in [2.05, 4.69) is 23.7 Å². The first-order chi connectivity index (χ1) is 9.99. The van der Waals surface area contributed by atoms with Crippen molar-refractivity contribution in [2.24, 2.45) is 0 Å². The molecule has 1 saturated heterocycles. The van der Waals surface area contributed by atoms with Gasteiger partial charge >= 0.3 is 5.69 Å². The second-order valence-corrected chi connectivity index (χ2v) is 6.21. The van der Waals surface area contributed by atoms with Crippen molar-refractivity contribution < 1.29 is 0 Å². The highest BCUT2D eigenvalue weighted by atomic mass is 35.5. The van der Waals surface area contributed by atoms with E-state index >= 15 is 0 Å². The summed E-state index contributed by atoms with van der Waals surface area (Å²) in [6.45, 7) is 5.85. The average Bonchev–Trinajstić information content (AvgIpc) is 2.88. The monoisotopic (exact) mass is 307 g/mol. The fourth-order valence-electron chi connectivity index (χ4n) is 3.01. The number of H-pyrrole nitrogens is 1. The van der Waals surface area contributed by atoms with Crippen molar-refractivity contribution in [2.75, 3.05) is 13.1 Å². The zero-order valence-corrected chi connectivity index (χ0v) is 12.9. The summed E-state index contributed by atoms with van der Waals surface area (Å²) in [7, 11) is 0. The Morgan fingerprint density at radius 2 is 2.10 bits per heavy atom. The molecule has 2 heterocycles. The normalized spacial score (nSPS) is 19.7. The summed E-state index contributed by atoms with van der Waals surface area (Å²) in [6, 6.07) is 5.41. The molecule has 2 aromatic rings. The second-order valence-electron chi connectivity index (χ2n) is 5.80. The molecule has 1 aliphatic rings. The minimum Gasteiger partial charge on any atom is -0.307 e. The third-order valence-corrected chi connectivity index (χ3v) is 4.51. The molecule has 0 bridgehead atoms. The van der Waals surface area contributed by atoms with E-state index in [1.54, 1.807) is 18.2 Å². The predicted molar refractivity (Wildman–Crippen MR) is 84.2 cm³/mol. The first-order valence-electron chi connectivity index (χ1n) is 7.16. The lowest BCUT2D eigenvalue weighted by atomic mass is 10.2. The Labute approximate surface area is 127 Å². The number of aromatic nitrogens is 2. The Kier molecular flexibility index (Phi) is 3.63. The minimum absolute atomic E-state index is 0.0932. The maximum Gasteiger partial charge on any atom is 0.329 e. The summed E-state index contributed by atoms with van der Waals surface area (Å²) >= 11 is 6.13. The van der Waals surface area contributed by atoms with Crippen LogP contribution in [0.4, 0.5) is 0 Å². The van der Waals surface area contributed by atoms with Crippen LogP contribution in [0.5, 0.6) is 0 Å².